The fraction of sp³-hybridized carbons (Fsp3) is 0.136. The molecule has 162 valence electrons. The van der Waals surface area contributed by atoms with Crippen LogP contribution < -0.4 is 14.8 Å². The van der Waals surface area contributed by atoms with E-state index in [0.29, 0.717) is 27.7 Å². The summed E-state index contributed by atoms with van der Waals surface area (Å²) in [6, 6.07) is 16.4. The summed E-state index contributed by atoms with van der Waals surface area (Å²) in [4.78, 5) is 12.3. The minimum atomic E-state index is -3.76. The first-order valence-electron chi connectivity index (χ1n) is 9.22. The maximum Gasteiger partial charge on any atom is 0.262 e. The summed E-state index contributed by atoms with van der Waals surface area (Å²) in [5.74, 6) is -0.0390. The van der Waals surface area contributed by atoms with Crippen LogP contribution in [0.25, 0.3) is 0 Å². The highest BCUT2D eigenvalue weighted by Gasteiger charge is 2.16. The molecule has 0 saturated carbocycles. The smallest absolute Gasteiger partial charge is 0.262 e. The fourth-order valence-electron chi connectivity index (χ4n) is 2.72. The van der Waals surface area contributed by atoms with Gasteiger partial charge >= 0.3 is 0 Å². The standard InChI is InChI=1S/C22H20Cl2N2O4S/c1-14-6-8-16(9-7-14)26-31(28,29)17-10-11-20(15(2)12-17)30-13-21(27)25-19-5-3-4-18(23)22(19)24/h3-12,26H,13H2,1-2H3,(H,25,27). The first kappa shape index (κ1) is 22.9. The molecule has 6 nitrogen and oxygen atoms in total. The average Bonchev–Trinajstić information content (AvgIpc) is 2.72. The molecule has 0 aromatic heterocycles. The molecule has 0 fully saturated rings. The lowest BCUT2D eigenvalue weighted by Crippen LogP contribution is -2.20. The number of carbonyl (C=O) groups excluding carboxylic acids is 1. The van der Waals surface area contributed by atoms with Crippen molar-refractivity contribution in [2.24, 2.45) is 0 Å². The second-order valence-electron chi connectivity index (χ2n) is 6.84. The van der Waals surface area contributed by atoms with Crippen LogP contribution >= 0.6 is 23.2 Å². The van der Waals surface area contributed by atoms with E-state index >= 15 is 0 Å². The summed E-state index contributed by atoms with van der Waals surface area (Å²) in [5, 5.41) is 3.19. The number of nitrogens with one attached hydrogen (secondary N) is 2. The van der Waals surface area contributed by atoms with E-state index in [4.69, 9.17) is 27.9 Å². The predicted octanol–water partition coefficient (Wildman–Crippen LogP) is 5.43. The van der Waals surface area contributed by atoms with E-state index < -0.39 is 15.9 Å². The van der Waals surface area contributed by atoms with Crippen LogP contribution in [0.4, 0.5) is 11.4 Å². The van der Waals surface area contributed by atoms with Crippen molar-refractivity contribution in [1.29, 1.82) is 0 Å². The Hall–Kier alpha value is -2.74. The maximum atomic E-state index is 12.6. The Bertz CT molecular complexity index is 1210. The largest absolute Gasteiger partial charge is 0.483 e. The van der Waals surface area contributed by atoms with Gasteiger partial charge in [0.2, 0.25) is 0 Å². The number of sulfonamides is 1. The Balaban J connectivity index is 1.65. The van der Waals surface area contributed by atoms with E-state index in [9.17, 15) is 13.2 Å². The molecule has 3 rings (SSSR count). The zero-order valence-corrected chi connectivity index (χ0v) is 19.1. The molecule has 0 aliphatic carbocycles. The first-order valence-corrected chi connectivity index (χ1v) is 11.5. The number of anilines is 2. The van der Waals surface area contributed by atoms with Gasteiger partial charge in [-0.1, -0.05) is 47.0 Å². The molecule has 0 bridgehead atoms. The summed E-state index contributed by atoms with van der Waals surface area (Å²) in [6.07, 6.45) is 0. The van der Waals surface area contributed by atoms with Crippen LogP contribution in [0.1, 0.15) is 11.1 Å². The highest BCUT2D eigenvalue weighted by Crippen LogP contribution is 2.29. The number of hydrogen-bond donors (Lipinski definition) is 2. The van der Waals surface area contributed by atoms with Crippen LogP contribution in [0.3, 0.4) is 0 Å². The van der Waals surface area contributed by atoms with Crippen molar-refractivity contribution in [3.8, 4) is 5.75 Å². The molecular formula is C22H20Cl2N2O4S. The zero-order chi connectivity index (χ0) is 22.6. The van der Waals surface area contributed by atoms with E-state index in [0.717, 1.165) is 5.56 Å². The molecule has 0 atom stereocenters. The highest BCUT2D eigenvalue weighted by molar-refractivity contribution is 7.92. The molecule has 3 aromatic carbocycles. The Morgan fingerprint density at radius 2 is 1.71 bits per heavy atom. The number of halogens is 2. The number of carbonyl (C=O) groups is 1. The van der Waals surface area contributed by atoms with Gasteiger partial charge in [-0.2, -0.15) is 0 Å². The predicted molar refractivity (Wildman–Crippen MR) is 124 cm³/mol. The number of amides is 1. The third-order valence-corrected chi connectivity index (χ3v) is 6.54. The molecule has 31 heavy (non-hydrogen) atoms. The second kappa shape index (κ2) is 9.60. The number of aryl methyl sites for hydroxylation is 2. The van der Waals surface area contributed by atoms with E-state index in [1.54, 1.807) is 37.3 Å². The Kier molecular flexibility index (Phi) is 7.10. The number of hydrogen-bond acceptors (Lipinski definition) is 4. The topological polar surface area (TPSA) is 84.5 Å². The molecular weight excluding hydrogens is 459 g/mol. The summed E-state index contributed by atoms with van der Waals surface area (Å²) in [5.41, 5.74) is 2.45. The van der Waals surface area contributed by atoms with E-state index in [1.807, 2.05) is 19.1 Å². The van der Waals surface area contributed by atoms with Gasteiger partial charge in [0.05, 0.1) is 20.6 Å². The van der Waals surface area contributed by atoms with Gasteiger partial charge in [0.15, 0.2) is 6.61 Å². The van der Waals surface area contributed by atoms with Gasteiger partial charge < -0.3 is 10.1 Å². The molecule has 0 radical (unpaired) electrons. The van der Waals surface area contributed by atoms with Crippen LogP contribution in [0.15, 0.2) is 65.6 Å². The van der Waals surface area contributed by atoms with Crippen LogP contribution in [0, 0.1) is 13.8 Å². The minimum absolute atomic E-state index is 0.0908. The Morgan fingerprint density at radius 3 is 2.39 bits per heavy atom. The van der Waals surface area contributed by atoms with Gasteiger partial charge in [0.25, 0.3) is 15.9 Å². The molecule has 1 amide bonds. The minimum Gasteiger partial charge on any atom is -0.483 e. The molecule has 0 spiro atoms. The number of rotatable bonds is 7. The monoisotopic (exact) mass is 478 g/mol. The normalized spacial score (nSPS) is 11.1. The van der Waals surface area contributed by atoms with E-state index in [2.05, 4.69) is 10.0 Å². The van der Waals surface area contributed by atoms with Crippen molar-refractivity contribution in [3.05, 3.63) is 81.8 Å². The lowest BCUT2D eigenvalue weighted by molar-refractivity contribution is -0.118. The van der Waals surface area contributed by atoms with Crippen molar-refractivity contribution in [2.45, 2.75) is 18.7 Å². The third kappa shape index (κ3) is 5.91. The fourth-order valence-corrected chi connectivity index (χ4v) is 4.21. The van der Waals surface area contributed by atoms with Crippen LogP contribution in [0.5, 0.6) is 5.75 Å². The van der Waals surface area contributed by atoms with Crippen LogP contribution in [-0.2, 0) is 14.8 Å². The molecule has 2 N–H and O–H groups in total. The lowest BCUT2D eigenvalue weighted by Gasteiger charge is -2.13. The van der Waals surface area contributed by atoms with Crippen LogP contribution in [0.2, 0.25) is 10.0 Å². The molecule has 0 saturated heterocycles. The van der Waals surface area contributed by atoms with Crippen molar-refractivity contribution in [2.75, 3.05) is 16.6 Å². The highest BCUT2D eigenvalue weighted by atomic mass is 35.5. The SMILES string of the molecule is Cc1ccc(NS(=O)(=O)c2ccc(OCC(=O)Nc3cccc(Cl)c3Cl)c(C)c2)cc1. The molecule has 9 heteroatoms. The van der Waals surface area contributed by atoms with E-state index in [-0.39, 0.29) is 16.5 Å². The Labute approximate surface area is 191 Å². The maximum absolute atomic E-state index is 12.6. The van der Waals surface area contributed by atoms with Crippen molar-refractivity contribution in [1.82, 2.24) is 0 Å². The summed E-state index contributed by atoms with van der Waals surface area (Å²) in [6.45, 7) is 3.34. The Morgan fingerprint density at radius 1 is 1.00 bits per heavy atom. The lowest BCUT2D eigenvalue weighted by atomic mass is 10.2. The number of benzene rings is 3. The van der Waals surface area contributed by atoms with Gasteiger partial charge in [-0.15, -0.1) is 0 Å². The second-order valence-corrected chi connectivity index (χ2v) is 9.30. The molecule has 0 aliphatic heterocycles. The van der Waals surface area contributed by atoms with Crippen molar-refractivity contribution >= 4 is 50.5 Å². The van der Waals surface area contributed by atoms with Gasteiger partial charge in [0, 0.05) is 5.69 Å². The summed E-state index contributed by atoms with van der Waals surface area (Å²) in [7, 11) is -3.76. The van der Waals surface area contributed by atoms with Crippen molar-refractivity contribution < 1.29 is 17.9 Å². The molecule has 0 unspecified atom stereocenters. The number of ether oxygens (including phenoxy) is 1. The van der Waals surface area contributed by atoms with Gasteiger partial charge in [0.1, 0.15) is 5.75 Å². The molecule has 0 heterocycles. The average molecular weight is 479 g/mol. The zero-order valence-electron chi connectivity index (χ0n) is 16.8. The third-order valence-electron chi connectivity index (χ3n) is 4.34. The van der Waals surface area contributed by atoms with Crippen molar-refractivity contribution in [3.63, 3.8) is 0 Å². The van der Waals surface area contributed by atoms with Crippen LogP contribution in [-0.4, -0.2) is 20.9 Å². The first-order chi connectivity index (χ1) is 14.7. The summed E-state index contributed by atoms with van der Waals surface area (Å²) < 4.78 is 33.4. The van der Waals surface area contributed by atoms with Gasteiger partial charge in [-0.3, -0.25) is 9.52 Å². The van der Waals surface area contributed by atoms with Gasteiger partial charge in [-0.25, -0.2) is 8.42 Å². The van der Waals surface area contributed by atoms with Gasteiger partial charge in [-0.05, 0) is 61.9 Å². The molecule has 0 aliphatic rings. The van der Waals surface area contributed by atoms with E-state index in [1.165, 1.54) is 18.2 Å². The molecule has 3 aromatic rings. The summed E-state index contributed by atoms with van der Waals surface area (Å²) >= 11 is 12.0. The quantitative estimate of drug-likeness (QED) is 0.474.